The minimum absolute atomic E-state index is 0.156. The number of nitro groups is 1. The zero-order valence-electron chi connectivity index (χ0n) is 5.69. The van der Waals surface area contributed by atoms with E-state index in [0.717, 1.165) is 0 Å². The minimum atomic E-state index is -0.676. The summed E-state index contributed by atoms with van der Waals surface area (Å²) in [7, 11) is 1.70. The fourth-order valence-corrected chi connectivity index (χ4v) is 0.795. The van der Waals surface area contributed by atoms with Crippen molar-refractivity contribution in [2.24, 2.45) is 0 Å². The molecule has 5 nitrogen and oxygen atoms in total. The van der Waals surface area contributed by atoms with Crippen LogP contribution in [0.4, 0.5) is 0 Å². The fourth-order valence-electron chi connectivity index (χ4n) is 0.795. The molecule has 0 bridgehead atoms. The minimum Gasteiger partial charge on any atom is -0.365 e. The third kappa shape index (κ3) is 1.43. The van der Waals surface area contributed by atoms with E-state index in [-0.39, 0.29) is 11.5 Å². The monoisotopic (exact) mass is 145 g/mol. The van der Waals surface area contributed by atoms with Gasteiger partial charge < -0.3 is 4.74 Å². The Kier molecular flexibility index (Phi) is 2.18. The Hall–Kier alpha value is -0.680. The van der Waals surface area contributed by atoms with Gasteiger partial charge in [-0.25, -0.2) is 4.90 Å². The van der Waals surface area contributed by atoms with Gasteiger partial charge in [0.05, 0.1) is 6.61 Å². The highest BCUT2D eigenvalue weighted by Crippen LogP contribution is 2.05. The van der Waals surface area contributed by atoms with Gasteiger partial charge in [0.15, 0.2) is 0 Å². The van der Waals surface area contributed by atoms with Gasteiger partial charge in [-0.05, 0) is 7.05 Å². The lowest BCUT2D eigenvalue weighted by atomic mass is 10.4. The summed E-state index contributed by atoms with van der Waals surface area (Å²) in [6.07, 6.45) is -0.676. The third-order valence-corrected chi connectivity index (χ3v) is 1.48. The predicted molar refractivity (Wildman–Crippen MR) is 33.7 cm³/mol. The molecule has 1 heterocycles. The summed E-state index contributed by atoms with van der Waals surface area (Å²) in [5, 5.41) is 10.2. The molecular weight excluding hydrogens is 136 g/mol. The second-order valence-electron chi connectivity index (χ2n) is 2.21. The SMILES string of the molecule is CN1C[CH]OCC1[N+](=O)[O-]. The molecule has 1 radical (unpaired) electrons. The molecule has 1 rings (SSSR count). The van der Waals surface area contributed by atoms with Crippen molar-refractivity contribution in [1.29, 1.82) is 0 Å². The highest BCUT2D eigenvalue weighted by atomic mass is 16.6. The van der Waals surface area contributed by atoms with Gasteiger partial charge in [0, 0.05) is 11.5 Å². The summed E-state index contributed by atoms with van der Waals surface area (Å²) >= 11 is 0. The van der Waals surface area contributed by atoms with E-state index in [9.17, 15) is 10.1 Å². The summed E-state index contributed by atoms with van der Waals surface area (Å²) < 4.78 is 4.81. The molecule has 1 fully saturated rings. The topological polar surface area (TPSA) is 55.6 Å². The second-order valence-corrected chi connectivity index (χ2v) is 2.21. The summed E-state index contributed by atoms with van der Waals surface area (Å²) in [6.45, 7) is 2.25. The molecule has 1 aliphatic heterocycles. The van der Waals surface area contributed by atoms with E-state index in [1.165, 1.54) is 0 Å². The van der Waals surface area contributed by atoms with Gasteiger partial charge >= 0.3 is 0 Å². The van der Waals surface area contributed by atoms with E-state index in [2.05, 4.69) is 0 Å². The van der Waals surface area contributed by atoms with Crippen LogP contribution in [0.2, 0.25) is 0 Å². The van der Waals surface area contributed by atoms with Gasteiger partial charge in [-0.1, -0.05) is 0 Å². The van der Waals surface area contributed by atoms with Crippen LogP contribution in [-0.2, 0) is 4.74 Å². The average Bonchev–Trinajstić information content (AvgIpc) is 1.88. The maximum Gasteiger partial charge on any atom is 0.291 e. The van der Waals surface area contributed by atoms with E-state index in [1.54, 1.807) is 18.6 Å². The Balaban J connectivity index is 2.47. The van der Waals surface area contributed by atoms with Gasteiger partial charge in [-0.15, -0.1) is 0 Å². The summed E-state index contributed by atoms with van der Waals surface area (Å²) in [6, 6.07) is 0. The molecule has 1 aliphatic rings. The lowest BCUT2D eigenvalue weighted by Crippen LogP contribution is -2.45. The third-order valence-electron chi connectivity index (χ3n) is 1.48. The molecule has 0 amide bonds. The zero-order valence-corrected chi connectivity index (χ0v) is 5.69. The lowest BCUT2D eigenvalue weighted by molar-refractivity contribution is -0.556. The Labute approximate surface area is 58.7 Å². The normalized spacial score (nSPS) is 28.3. The van der Waals surface area contributed by atoms with Crippen LogP contribution in [-0.4, -0.2) is 36.2 Å². The zero-order chi connectivity index (χ0) is 7.56. The van der Waals surface area contributed by atoms with Crippen LogP contribution in [0.25, 0.3) is 0 Å². The smallest absolute Gasteiger partial charge is 0.291 e. The van der Waals surface area contributed by atoms with Crippen molar-refractivity contribution in [1.82, 2.24) is 4.90 Å². The van der Waals surface area contributed by atoms with Crippen LogP contribution in [0.15, 0.2) is 0 Å². The van der Waals surface area contributed by atoms with E-state index in [0.29, 0.717) is 6.54 Å². The number of hydrogen-bond acceptors (Lipinski definition) is 4. The van der Waals surface area contributed by atoms with Crippen LogP contribution < -0.4 is 0 Å². The number of ether oxygens (including phenoxy) is 1. The molecule has 1 atom stereocenters. The van der Waals surface area contributed by atoms with Gasteiger partial charge in [-0.2, -0.15) is 0 Å². The molecule has 10 heavy (non-hydrogen) atoms. The second kappa shape index (κ2) is 2.94. The first-order valence-electron chi connectivity index (χ1n) is 2.99. The standard InChI is InChI=1S/C5H9N2O3/c1-6-2-3-10-4-5(6)7(8)9/h3,5H,2,4H2,1H3. The number of nitrogens with zero attached hydrogens (tertiary/aromatic N) is 2. The van der Waals surface area contributed by atoms with Gasteiger partial charge in [0.1, 0.15) is 6.61 Å². The molecule has 1 saturated heterocycles. The number of morpholine rings is 1. The summed E-state index contributed by atoms with van der Waals surface area (Å²) in [4.78, 5) is 11.5. The first-order chi connectivity index (χ1) is 4.72. The van der Waals surface area contributed by atoms with E-state index in [4.69, 9.17) is 4.74 Å². The lowest BCUT2D eigenvalue weighted by Gasteiger charge is -2.24. The van der Waals surface area contributed by atoms with Crippen LogP contribution in [0.3, 0.4) is 0 Å². The molecule has 5 heteroatoms. The average molecular weight is 145 g/mol. The molecule has 0 aromatic carbocycles. The number of rotatable bonds is 1. The molecule has 0 saturated carbocycles. The first-order valence-corrected chi connectivity index (χ1v) is 2.99. The van der Waals surface area contributed by atoms with Crippen LogP contribution >= 0.6 is 0 Å². The first kappa shape index (κ1) is 7.43. The Morgan fingerprint density at radius 2 is 2.60 bits per heavy atom. The number of hydrogen-bond donors (Lipinski definition) is 0. The van der Waals surface area contributed by atoms with Crippen LogP contribution in [0, 0.1) is 16.7 Å². The number of likely N-dealkylation sites (N-methyl/N-ethyl adjacent to an activating group) is 1. The van der Waals surface area contributed by atoms with E-state index in [1.807, 2.05) is 0 Å². The molecule has 0 N–H and O–H groups in total. The molecule has 0 aliphatic carbocycles. The van der Waals surface area contributed by atoms with Crippen molar-refractivity contribution in [3.63, 3.8) is 0 Å². The molecule has 0 aromatic rings. The van der Waals surface area contributed by atoms with Crippen molar-refractivity contribution in [2.75, 3.05) is 20.2 Å². The van der Waals surface area contributed by atoms with Crippen LogP contribution in [0.1, 0.15) is 0 Å². The summed E-state index contributed by atoms with van der Waals surface area (Å²) in [5.41, 5.74) is 0. The Morgan fingerprint density at radius 3 is 3.00 bits per heavy atom. The maximum absolute atomic E-state index is 10.2. The van der Waals surface area contributed by atoms with Crippen molar-refractivity contribution in [2.45, 2.75) is 6.17 Å². The van der Waals surface area contributed by atoms with Crippen molar-refractivity contribution < 1.29 is 9.66 Å². The largest absolute Gasteiger partial charge is 0.365 e. The Morgan fingerprint density at radius 1 is 1.90 bits per heavy atom. The maximum atomic E-state index is 10.2. The molecule has 0 spiro atoms. The van der Waals surface area contributed by atoms with Crippen molar-refractivity contribution in [3.8, 4) is 0 Å². The molecule has 0 aromatic heterocycles. The van der Waals surface area contributed by atoms with Crippen LogP contribution in [0.5, 0.6) is 0 Å². The van der Waals surface area contributed by atoms with Gasteiger partial charge in [0.2, 0.25) is 0 Å². The van der Waals surface area contributed by atoms with Gasteiger partial charge in [-0.3, -0.25) is 10.1 Å². The van der Waals surface area contributed by atoms with E-state index >= 15 is 0 Å². The molecule has 1 unspecified atom stereocenters. The van der Waals surface area contributed by atoms with Crippen molar-refractivity contribution >= 4 is 0 Å². The van der Waals surface area contributed by atoms with E-state index < -0.39 is 6.17 Å². The predicted octanol–water partition coefficient (Wildman–Crippen LogP) is -0.287. The quantitative estimate of drug-likeness (QED) is 0.376. The highest BCUT2D eigenvalue weighted by Gasteiger charge is 2.28. The molecular formula is C5H9N2O3. The Bertz CT molecular complexity index is 139. The highest BCUT2D eigenvalue weighted by molar-refractivity contribution is 4.68. The summed E-state index contributed by atoms with van der Waals surface area (Å²) in [5.74, 6) is 0. The van der Waals surface area contributed by atoms with Crippen molar-refractivity contribution in [3.05, 3.63) is 16.7 Å². The molecule has 57 valence electrons. The fraction of sp³-hybridized carbons (Fsp3) is 0.800. The van der Waals surface area contributed by atoms with Gasteiger partial charge in [0.25, 0.3) is 6.17 Å².